The molecule has 81 heavy (non-hydrogen) atoms. The van der Waals surface area contributed by atoms with Gasteiger partial charge in [0.25, 0.3) is 11.8 Å². The Hall–Kier alpha value is -6.30. The van der Waals surface area contributed by atoms with Crippen LogP contribution in [0.1, 0.15) is 137 Å². The van der Waals surface area contributed by atoms with Crippen LogP contribution >= 0.6 is 0 Å². The Kier molecular flexibility index (Phi) is 18.8. The molecule has 20 nitrogen and oxygen atoms in total. The fraction of sp³-hybridized carbons (Fsp3) is 0.525. The molecule has 0 aliphatic carbocycles. The largest absolute Gasteiger partial charge is 0.461 e. The van der Waals surface area contributed by atoms with Crippen molar-refractivity contribution in [3.8, 4) is 0 Å². The molecule has 0 atom stereocenters. The number of amides is 2. The molecule has 0 saturated carbocycles. The van der Waals surface area contributed by atoms with Gasteiger partial charge in [-0.05, 0) is 123 Å². The Morgan fingerprint density at radius 1 is 0.654 bits per heavy atom. The molecule has 2 spiro atoms. The molecule has 4 aliphatic heterocycles. The van der Waals surface area contributed by atoms with E-state index in [2.05, 4.69) is 15.4 Å². The maximum atomic E-state index is 13.2. The first-order chi connectivity index (χ1) is 38.4. The fourth-order valence-corrected chi connectivity index (χ4v) is 12.8. The Bertz CT molecular complexity index is 3290. The highest BCUT2D eigenvalue weighted by atomic mass is 32.2. The number of esters is 2. The third-order valence-electron chi connectivity index (χ3n) is 15.9. The second-order valence-electron chi connectivity index (χ2n) is 23.5. The Labute approximate surface area is 476 Å². The molecule has 22 heteroatoms. The fourth-order valence-electron chi connectivity index (χ4n) is 11.0. The minimum absolute atomic E-state index is 0.0501. The SMILES string of the molecule is CCc1nn(CC(C)(C)COC(=O)c2ccc(S(=O)(=O)N(C)Cc3ccccc3)cc2)c2c1C(=O)NCC1(CCOCC1)C2.CCc1nn(CC(C)(C)COC(=O)c2ccc(S(=O)(=O)NC)cc2)c2c1C(=O)NCC1(CCOCC1)C2. The van der Waals surface area contributed by atoms with Crippen molar-refractivity contribution in [3.63, 3.8) is 0 Å². The zero-order valence-electron chi connectivity index (χ0n) is 47.9. The van der Waals surface area contributed by atoms with Crippen molar-refractivity contribution in [2.75, 3.05) is 66.8 Å². The highest BCUT2D eigenvalue weighted by Crippen LogP contribution is 2.40. The number of aromatic nitrogens is 4. The Balaban J connectivity index is 0.000000216. The summed E-state index contributed by atoms with van der Waals surface area (Å²) in [6, 6.07) is 20.8. The zero-order valence-corrected chi connectivity index (χ0v) is 49.5. The van der Waals surface area contributed by atoms with Crippen molar-refractivity contribution in [2.45, 2.75) is 122 Å². The van der Waals surface area contributed by atoms with E-state index in [1.165, 1.54) is 66.9 Å². The van der Waals surface area contributed by atoms with Crippen LogP contribution in [0.5, 0.6) is 0 Å². The summed E-state index contributed by atoms with van der Waals surface area (Å²) in [5.41, 5.74) is 5.13. The summed E-state index contributed by atoms with van der Waals surface area (Å²) < 4.78 is 79.9. The van der Waals surface area contributed by atoms with Gasteiger partial charge >= 0.3 is 11.9 Å². The normalized spacial score (nSPS) is 17.2. The lowest BCUT2D eigenvalue weighted by Gasteiger charge is -2.36. The number of ether oxygens (including phenoxy) is 4. The van der Waals surface area contributed by atoms with Crippen LogP contribution in [0.4, 0.5) is 0 Å². The molecule has 4 aliphatic rings. The average Bonchev–Trinajstić information content (AvgIpc) is 4.11. The summed E-state index contributed by atoms with van der Waals surface area (Å²) >= 11 is 0. The lowest BCUT2D eigenvalue weighted by Crippen LogP contribution is -2.41. The van der Waals surface area contributed by atoms with Crippen molar-refractivity contribution in [1.82, 2.24) is 39.2 Å². The van der Waals surface area contributed by atoms with Crippen molar-refractivity contribution >= 4 is 43.8 Å². The molecular weight excluding hydrogens is 1080 g/mol. The number of nitrogens with one attached hydrogen (secondary N) is 3. The van der Waals surface area contributed by atoms with E-state index in [1.54, 1.807) is 0 Å². The van der Waals surface area contributed by atoms with Crippen LogP contribution < -0.4 is 15.4 Å². The molecule has 9 rings (SSSR count). The van der Waals surface area contributed by atoms with Gasteiger partial charge < -0.3 is 29.6 Å². The molecular formula is C59H78N8O12S2. The number of rotatable bonds is 18. The van der Waals surface area contributed by atoms with Crippen LogP contribution in [0, 0.1) is 21.7 Å². The van der Waals surface area contributed by atoms with Gasteiger partial charge in [0, 0.05) is 77.0 Å². The first-order valence-corrected chi connectivity index (χ1v) is 30.7. The molecule has 2 aromatic heterocycles. The minimum Gasteiger partial charge on any atom is -0.461 e. The van der Waals surface area contributed by atoms with Gasteiger partial charge in [-0.1, -0.05) is 71.9 Å². The first-order valence-electron chi connectivity index (χ1n) is 27.8. The van der Waals surface area contributed by atoms with Gasteiger partial charge in [-0.15, -0.1) is 0 Å². The van der Waals surface area contributed by atoms with Crippen LogP contribution in [-0.4, -0.2) is 131 Å². The van der Waals surface area contributed by atoms with Crippen LogP contribution in [0.2, 0.25) is 0 Å². The smallest absolute Gasteiger partial charge is 0.338 e. The predicted octanol–water partition coefficient (Wildman–Crippen LogP) is 6.55. The van der Waals surface area contributed by atoms with Gasteiger partial charge in [0.05, 0.1) is 68.0 Å². The summed E-state index contributed by atoms with van der Waals surface area (Å²) in [6.07, 6.45) is 6.30. The summed E-state index contributed by atoms with van der Waals surface area (Å²) in [4.78, 5) is 52.1. The number of nitrogens with zero attached hydrogens (tertiary/aromatic N) is 5. The van der Waals surface area contributed by atoms with Crippen molar-refractivity contribution in [2.24, 2.45) is 21.7 Å². The third kappa shape index (κ3) is 14.3. The lowest BCUT2D eigenvalue weighted by molar-refractivity contribution is 0.0144. The third-order valence-corrected chi connectivity index (χ3v) is 19.1. The molecule has 5 aromatic rings. The number of fused-ring (bicyclic) bond motifs is 2. The number of carbonyl (C=O) groups is 4. The predicted molar refractivity (Wildman–Crippen MR) is 303 cm³/mol. The molecule has 2 fully saturated rings. The second kappa shape index (κ2) is 25.0. The maximum Gasteiger partial charge on any atom is 0.338 e. The molecule has 0 bridgehead atoms. The van der Waals surface area contributed by atoms with Crippen molar-refractivity contribution in [1.29, 1.82) is 0 Å². The van der Waals surface area contributed by atoms with Crippen LogP contribution in [0.3, 0.4) is 0 Å². The molecule has 0 unspecified atom stereocenters. The Morgan fingerprint density at radius 3 is 1.46 bits per heavy atom. The van der Waals surface area contributed by atoms with Crippen molar-refractivity contribution < 1.29 is 55.0 Å². The second-order valence-corrected chi connectivity index (χ2v) is 27.4. The van der Waals surface area contributed by atoms with E-state index in [1.807, 2.05) is 81.2 Å². The van der Waals surface area contributed by atoms with E-state index in [9.17, 15) is 36.0 Å². The Morgan fingerprint density at radius 2 is 1.06 bits per heavy atom. The highest BCUT2D eigenvalue weighted by Gasteiger charge is 2.42. The van der Waals surface area contributed by atoms with E-state index >= 15 is 0 Å². The monoisotopic (exact) mass is 1150 g/mol. The standard InChI is InChI=1S/C33H42N4O6S.C26H36N4O6S/c1-5-27-29-28(19-33(21-34-30(29)38)15-17-42-18-16-33)37(35-27)22-32(2,3)23-43-31(39)25-11-13-26(14-12-25)44(40,41)36(4)20-24-9-7-6-8-10-24;1-5-20-22-21(14-26(15-28-23(22)31)10-12-35-13-11-26)30(29-20)16-25(2,3)17-36-24(32)18-6-8-19(9-7-18)37(33,34)27-4/h6-14H,5,15-23H2,1-4H3,(H,34,38);6-9,27H,5,10-17H2,1-4H3,(H,28,31). The van der Waals surface area contributed by atoms with Gasteiger partial charge in [-0.2, -0.15) is 14.5 Å². The van der Waals surface area contributed by atoms with Crippen molar-refractivity contribution in [3.05, 3.63) is 129 Å². The number of aryl methyl sites for hydroxylation is 2. The number of benzene rings is 3. The molecule has 2 amide bonds. The van der Waals surface area contributed by atoms with Crippen LogP contribution in [0.15, 0.2) is 88.7 Å². The number of sulfonamides is 2. The summed E-state index contributed by atoms with van der Waals surface area (Å²) in [5.74, 6) is -1.22. The van der Waals surface area contributed by atoms with Gasteiger partial charge in [0.1, 0.15) is 0 Å². The average molecular weight is 1160 g/mol. The van der Waals surface area contributed by atoms with E-state index in [-0.39, 0.29) is 63.3 Å². The quantitative estimate of drug-likeness (QED) is 0.0788. The topological polar surface area (TPSA) is 248 Å². The number of hydrogen-bond acceptors (Lipinski definition) is 14. The van der Waals surface area contributed by atoms with Gasteiger partial charge in [0.15, 0.2) is 0 Å². The first kappa shape index (κ1) is 60.8. The maximum absolute atomic E-state index is 13.2. The molecule has 0 radical (unpaired) electrons. The molecule has 3 aromatic carbocycles. The molecule has 6 heterocycles. The van der Waals surface area contributed by atoms with E-state index in [4.69, 9.17) is 29.1 Å². The van der Waals surface area contributed by atoms with Gasteiger partial charge in [-0.3, -0.25) is 19.0 Å². The van der Waals surface area contributed by atoms with Gasteiger partial charge in [-0.25, -0.2) is 31.1 Å². The van der Waals surface area contributed by atoms with E-state index < -0.39 is 42.8 Å². The summed E-state index contributed by atoms with van der Waals surface area (Å²) in [7, 11) is -4.46. The molecule has 2 saturated heterocycles. The van der Waals surface area contributed by atoms with Gasteiger partial charge in [0.2, 0.25) is 20.0 Å². The summed E-state index contributed by atoms with van der Waals surface area (Å²) in [6.45, 7) is 17.4. The molecule has 3 N–H and O–H groups in total. The minimum atomic E-state index is -3.74. The molecule has 438 valence electrons. The number of hydrogen-bond donors (Lipinski definition) is 3. The van der Waals surface area contributed by atoms with E-state index in [0.717, 1.165) is 66.9 Å². The van der Waals surface area contributed by atoms with Crippen LogP contribution in [0.25, 0.3) is 0 Å². The zero-order chi connectivity index (χ0) is 58.4. The lowest BCUT2D eigenvalue weighted by atomic mass is 9.76. The van der Waals surface area contributed by atoms with Crippen LogP contribution in [-0.2, 0) is 84.3 Å². The summed E-state index contributed by atoms with van der Waals surface area (Å²) in [5, 5.41) is 15.9. The highest BCUT2D eigenvalue weighted by molar-refractivity contribution is 7.89. The number of carbonyl (C=O) groups excluding carboxylic acids is 4. The van der Waals surface area contributed by atoms with E-state index in [0.29, 0.717) is 76.6 Å².